The maximum atomic E-state index is 13.3. The van der Waals surface area contributed by atoms with Crippen LogP contribution in [-0.2, 0) is 6.54 Å². The highest BCUT2D eigenvalue weighted by Crippen LogP contribution is 2.17. The van der Waals surface area contributed by atoms with Crippen molar-refractivity contribution >= 4 is 16.8 Å². The van der Waals surface area contributed by atoms with Gasteiger partial charge >= 0.3 is 0 Å². The largest absolute Gasteiger partial charge is 0.352 e. The first kappa shape index (κ1) is 20.7. The van der Waals surface area contributed by atoms with Crippen LogP contribution in [0.3, 0.4) is 0 Å². The Balaban J connectivity index is 2.09. The molecule has 0 saturated heterocycles. The molecule has 1 N–H and O–H groups in total. The number of aromatic nitrogens is 2. The number of hydrogen-bond acceptors (Lipinski definition) is 4. The quantitative estimate of drug-likeness (QED) is 0.699. The molecule has 0 fully saturated rings. The standard InChI is InChI=1S/C23H28N4O2/c1-6-24-22(28)18-9-7-16(4)21(12-18)27-14-25-20-10-8-17(11-19(20)23(27)29)13-26(5)15(2)3/h7-12,14-15H,6,13H2,1-5H3,(H,24,28). The zero-order valence-electron chi connectivity index (χ0n) is 17.7. The molecule has 6 heteroatoms. The third-order valence-corrected chi connectivity index (χ3v) is 5.20. The molecule has 1 heterocycles. The van der Waals surface area contributed by atoms with Crippen molar-refractivity contribution in [3.63, 3.8) is 0 Å². The van der Waals surface area contributed by atoms with E-state index in [-0.39, 0.29) is 11.5 Å². The molecule has 2 aromatic carbocycles. The van der Waals surface area contributed by atoms with E-state index in [4.69, 9.17) is 0 Å². The summed E-state index contributed by atoms with van der Waals surface area (Å²) in [5.74, 6) is -0.158. The summed E-state index contributed by atoms with van der Waals surface area (Å²) in [5, 5.41) is 3.37. The first-order valence-electron chi connectivity index (χ1n) is 9.91. The van der Waals surface area contributed by atoms with E-state index in [0.717, 1.165) is 17.7 Å². The van der Waals surface area contributed by atoms with E-state index >= 15 is 0 Å². The van der Waals surface area contributed by atoms with Gasteiger partial charge < -0.3 is 5.32 Å². The van der Waals surface area contributed by atoms with Crippen molar-refractivity contribution in [1.82, 2.24) is 19.8 Å². The molecule has 0 unspecified atom stereocenters. The summed E-state index contributed by atoms with van der Waals surface area (Å²) in [6.45, 7) is 9.38. The van der Waals surface area contributed by atoms with Gasteiger partial charge in [0.2, 0.25) is 0 Å². The minimum Gasteiger partial charge on any atom is -0.352 e. The van der Waals surface area contributed by atoms with E-state index in [1.165, 1.54) is 10.9 Å². The number of nitrogens with zero attached hydrogens (tertiary/aromatic N) is 3. The van der Waals surface area contributed by atoms with Crippen molar-refractivity contribution in [3.05, 3.63) is 69.8 Å². The summed E-state index contributed by atoms with van der Waals surface area (Å²) in [5.41, 5.74) is 3.68. The van der Waals surface area contributed by atoms with E-state index in [0.29, 0.717) is 34.7 Å². The Labute approximate surface area is 171 Å². The van der Waals surface area contributed by atoms with Crippen LogP contribution in [0.5, 0.6) is 0 Å². The lowest BCUT2D eigenvalue weighted by molar-refractivity contribution is 0.0956. The summed E-state index contributed by atoms with van der Waals surface area (Å²) in [7, 11) is 2.06. The highest BCUT2D eigenvalue weighted by atomic mass is 16.1. The molecule has 0 bridgehead atoms. The maximum Gasteiger partial charge on any atom is 0.265 e. The van der Waals surface area contributed by atoms with Crippen LogP contribution in [0.1, 0.15) is 42.3 Å². The second-order valence-corrected chi connectivity index (χ2v) is 7.64. The van der Waals surface area contributed by atoms with Crippen LogP contribution in [0.15, 0.2) is 47.5 Å². The monoisotopic (exact) mass is 392 g/mol. The van der Waals surface area contributed by atoms with Crippen molar-refractivity contribution in [2.75, 3.05) is 13.6 Å². The van der Waals surface area contributed by atoms with Gasteiger partial charge in [-0.1, -0.05) is 12.1 Å². The fourth-order valence-electron chi connectivity index (χ4n) is 3.18. The summed E-state index contributed by atoms with van der Waals surface area (Å²) in [6.07, 6.45) is 1.54. The number of nitrogens with one attached hydrogen (secondary N) is 1. The Bertz CT molecular complexity index is 1100. The van der Waals surface area contributed by atoms with Gasteiger partial charge in [-0.3, -0.25) is 19.1 Å². The Morgan fingerprint density at radius 2 is 1.97 bits per heavy atom. The van der Waals surface area contributed by atoms with Crippen LogP contribution in [0.4, 0.5) is 0 Å². The normalized spacial score (nSPS) is 11.4. The number of aryl methyl sites for hydroxylation is 1. The van der Waals surface area contributed by atoms with Gasteiger partial charge in [-0.05, 0) is 70.1 Å². The summed E-state index contributed by atoms with van der Waals surface area (Å²) < 4.78 is 1.52. The number of carbonyl (C=O) groups is 1. The summed E-state index contributed by atoms with van der Waals surface area (Å²) >= 11 is 0. The van der Waals surface area contributed by atoms with E-state index < -0.39 is 0 Å². The van der Waals surface area contributed by atoms with Gasteiger partial charge in [0.25, 0.3) is 11.5 Å². The third-order valence-electron chi connectivity index (χ3n) is 5.20. The zero-order chi connectivity index (χ0) is 21.1. The van der Waals surface area contributed by atoms with Crippen LogP contribution in [-0.4, -0.2) is 40.0 Å². The summed E-state index contributed by atoms with van der Waals surface area (Å²) in [6, 6.07) is 11.6. The number of hydrogen-bond donors (Lipinski definition) is 1. The predicted molar refractivity (Wildman–Crippen MR) is 117 cm³/mol. The van der Waals surface area contributed by atoms with E-state index in [1.807, 2.05) is 38.1 Å². The molecule has 0 aliphatic rings. The Hall–Kier alpha value is -2.99. The lowest BCUT2D eigenvalue weighted by Gasteiger charge is -2.21. The zero-order valence-corrected chi connectivity index (χ0v) is 17.7. The SMILES string of the molecule is CCNC(=O)c1ccc(C)c(-n2cnc3ccc(CN(C)C(C)C)cc3c2=O)c1. The number of benzene rings is 2. The molecule has 1 aromatic heterocycles. The molecular formula is C23H28N4O2. The molecular weight excluding hydrogens is 364 g/mol. The van der Waals surface area contributed by atoms with Gasteiger partial charge in [0.15, 0.2) is 0 Å². The number of rotatable bonds is 6. The van der Waals surface area contributed by atoms with Gasteiger partial charge in [0.05, 0.1) is 16.6 Å². The van der Waals surface area contributed by atoms with Crippen LogP contribution >= 0.6 is 0 Å². The highest BCUT2D eigenvalue weighted by molar-refractivity contribution is 5.94. The first-order valence-corrected chi connectivity index (χ1v) is 9.91. The second-order valence-electron chi connectivity index (χ2n) is 7.64. The Morgan fingerprint density at radius 1 is 1.21 bits per heavy atom. The van der Waals surface area contributed by atoms with Crippen LogP contribution in [0.2, 0.25) is 0 Å². The molecule has 0 atom stereocenters. The Kier molecular flexibility index (Phi) is 6.13. The second kappa shape index (κ2) is 8.57. The van der Waals surface area contributed by atoms with Gasteiger partial charge in [0.1, 0.15) is 6.33 Å². The smallest absolute Gasteiger partial charge is 0.265 e. The molecule has 29 heavy (non-hydrogen) atoms. The number of carbonyl (C=O) groups excluding carboxylic acids is 1. The molecule has 152 valence electrons. The minimum atomic E-state index is -0.158. The average molecular weight is 393 g/mol. The van der Waals surface area contributed by atoms with Crippen molar-refractivity contribution in [1.29, 1.82) is 0 Å². The fraction of sp³-hybridized carbons (Fsp3) is 0.348. The van der Waals surface area contributed by atoms with E-state index in [1.54, 1.807) is 12.1 Å². The van der Waals surface area contributed by atoms with Crippen LogP contribution in [0.25, 0.3) is 16.6 Å². The van der Waals surface area contributed by atoms with Gasteiger partial charge in [-0.2, -0.15) is 0 Å². The fourth-order valence-corrected chi connectivity index (χ4v) is 3.18. The molecule has 0 spiro atoms. The van der Waals surface area contributed by atoms with Crippen LogP contribution < -0.4 is 10.9 Å². The molecule has 3 aromatic rings. The summed E-state index contributed by atoms with van der Waals surface area (Å²) in [4.78, 5) is 32.2. The van der Waals surface area contributed by atoms with Crippen molar-refractivity contribution in [3.8, 4) is 5.69 Å². The lowest BCUT2D eigenvalue weighted by Crippen LogP contribution is -2.26. The minimum absolute atomic E-state index is 0.139. The average Bonchev–Trinajstić information content (AvgIpc) is 2.69. The van der Waals surface area contributed by atoms with Gasteiger partial charge in [-0.25, -0.2) is 4.98 Å². The van der Waals surface area contributed by atoms with Crippen LogP contribution in [0, 0.1) is 6.92 Å². The molecule has 3 rings (SSSR count). The molecule has 0 aliphatic carbocycles. The number of amides is 1. The number of fused-ring (bicyclic) bond motifs is 1. The maximum absolute atomic E-state index is 13.3. The molecule has 0 radical (unpaired) electrons. The van der Waals surface area contributed by atoms with E-state index in [9.17, 15) is 9.59 Å². The Morgan fingerprint density at radius 3 is 2.66 bits per heavy atom. The highest BCUT2D eigenvalue weighted by Gasteiger charge is 2.13. The molecule has 0 saturated carbocycles. The van der Waals surface area contributed by atoms with Gasteiger partial charge in [0, 0.05) is 24.7 Å². The van der Waals surface area contributed by atoms with Crippen molar-refractivity contribution in [2.24, 2.45) is 0 Å². The molecule has 0 aliphatic heterocycles. The first-order chi connectivity index (χ1) is 13.8. The topological polar surface area (TPSA) is 67.2 Å². The van der Waals surface area contributed by atoms with Crippen molar-refractivity contribution < 1.29 is 4.79 Å². The molecule has 1 amide bonds. The van der Waals surface area contributed by atoms with Crippen molar-refractivity contribution in [2.45, 2.75) is 40.3 Å². The lowest BCUT2D eigenvalue weighted by atomic mass is 10.1. The predicted octanol–water partition coefficient (Wildman–Crippen LogP) is 3.28. The van der Waals surface area contributed by atoms with Gasteiger partial charge in [-0.15, -0.1) is 0 Å². The van der Waals surface area contributed by atoms with E-state index in [2.05, 4.69) is 36.1 Å². The third kappa shape index (κ3) is 4.38. The molecule has 6 nitrogen and oxygen atoms in total.